The maximum absolute atomic E-state index is 13.5. The summed E-state index contributed by atoms with van der Waals surface area (Å²) in [7, 11) is 0. The van der Waals surface area contributed by atoms with Crippen molar-refractivity contribution in [2.75, 3.05) is 0 Å². The van der Waals surface area contributed by atoms with Gasteiger partial charge >= 0.3 is 0 Å². The molecule has 0 aliphatic rings. The van der Waals surface area contributed by atoms with E-state index in [-0.39, 0.29) is 18.0 Å². The average molecular weight is 452 g/mol. The lowest BCUT2D eigenvalue weighted by molar-refractivity contribution is 0.0991. The first-order valence-electron chi connectivity index (χ1n) is 10.6. The molecule has 0 aliphatic carbocycles. The van der Waals surface area contributed by atoms with Gasteiger partial charge in [0, 0.05) is 11.8 Å². The molecule has 166 valence electrons. The Morgan fingerprint density at radius 3 is 2.68 bits per heavy atom. The zero-order chi connectivity index (χ0) is 23.2. The zero-order valence-electron chi connectivity index (χ0n) is 18.0. The Hall–Kier alpha value is -4.66. The molecule has 0 saturated carbocycles. The molecular formula is C25H17FN6O2. The molecule has 0 radical (unpaired) electrons. The minimum absolute atomic E-state index is 0.108. The van der Waals surface area contributed by atoms with Gasteiger partial charge in [-0.15, -0.1) is 0 Å². The Labute approximate surface area is 192 Å². The van der Waals surface area contributed by atoms with E-state index in [1.165, 1.54) is 18.4 Å². The summed E-state index contributed by atoms with van der Waals surface area (Å²) >= 11 is 0. The highest BCUT2D eigenvalue weighted by atomic mass is 19.1. The molecule has 0 unspecified atom stereocenters. The first kappa shape index (κ1) is 20.0. The van der Waals surface area contributed by atoms with Crippen LogP contribution >= 0.6 is 0 Å². The SMILES string of the molecule is Cc1nocc1C(=O)Cc1cn2nc(-c3c(-c4ccc(F)cc4)nc4ccccn34)ccc2n1. The summed E-state index contributed by atoms with van der Waals surface area (Å²) in [4.78, 5) is 21.9. The molecule has 8 nitrogen and oxygen atoms in total. The second-order valence-corrected chi connectivity index (χ2v) is 7.91. The molecule has 0 N–H and O–H groups in total. The monoisotopic (exact) mass is 452 g/mol. The number of ketones is 1. The number of carbonyl (C=O) groups excluding carboxylic acids is 1. The molecule has 0 atom stereocenters. The predicted molar refractivity (Wildman–Crippen MR) is 122 cm³/mol. The topological polar surface area (TPSA) is 90.6 Å². The normalized spacial score (nSPS) is 11.5. The standard InChI is InChI=1S/C25H17FN6O2/c1-15-19(14-34-30-15)21(33)12-18-13-32-23(27-18)10-9-20(29-32)25-24(16-5-7-17(26)8-6-16)28-22-4-2-3-11-31(22)25/h2-11,13-14H,12H2,1H3. The van der Waals surface area contributed by atoms with E-state index in [4.69, 9.17) is 14.6 Å². The van der Waals surface area contributed by atoms with Crippen molar-refractivity contribution in [1.29, 1.82) is 0 Å². The molecule has 9 heteroatoms. The van der Waals surface area contributed by atoms with Gasteiger partial charge in [0.25, 0.3) is 0 Å². The molecule has 1 aromatic carbocycles. The van der Waals surface area contributed by atoms with Gasteiger partial charge in [-0.05, 0) is 55.5 Å². The van der Waals surface area contributed by atoms with Crippen LogP contribution in [0.5, 0.6) is 0 Å². The third-order valence-corrected chi connectivity index (χ3v) is 5.65. The number of rotatable bonds is 5. The van der Waals surface area contributed by atoms with Crippen LogP contribution in [-0.4, -0.2) is 34.9 Å². The fourth-order valence-electron chi connectivity index (χ4n) is 4.01. The summed E-state index contributed by atoms with van der Waals surface area (Å²) in [6.45, 7) is 1.73. The number of fused-ring (bicyclic) bond motifs is 2. The van der Waals surface area contributed by atoms with Crippen LogP contribution in [0, 0.1) is 12.7 Å². The maximum Gasteiger partial charge on any atom is 0.174 e. The molecule has 5 aromatic heterocycles. The van der Waals surface area contributed by atoms with Crippen LogP contribution in [0.15, 0.2) is 77.8 Å². The molecule has 0 saturated heterocycles. The minimum atomic E-state index is -0.310. The fraction of sp³-hybridized carbons (Fsp3) is 0.0800. The van der Waals surface area contributed by atoms with Crippen molar-refractivity contribution in [3.8, 4) is 22.6 Å². The Bertz CT molecular complexity index is 1680. The number of benzene rings is 1. The van der Waals surface area contributed by atoms with E-state index in [1.54, 1.807) is 29.8 Å². The predicted octanol–water partition coefficient (Wildman–Crippen LogP) is 4.57. The minimum Gasteiger partial charge on any atom is -0.364 e. The smallest absolute Gasteiger partial charge is 0.174 e. The van der Waals surface area contributed by atoms with E-state index in [0.29, 0.717) is 34.0 Å². The van der Waals surface area contributed by atoms with Crippen LogP contribution in [0.4, 0.5) is 4.39 Å². The van der Waals surface area contributed by atoms with Gasteiger partial charge in [0.15, 0.2) is 11.4 Å². The molecule has 34 heavy (non-hydrogen) atoms. The lowest BCUT2D eigenvalue weighted by Gasteiger charge is -2.05. The van der Waals surface area contributed by atoms with Crippen molar-refractivity contribution in [3.63, 3.8) is 0 Å². The molecule has 5 heterocycles. The van der Waals surface area contributed by atoms with Gasteiger partial charge < -0.3 is 4.52 Å². The maximum atomic E-state index is 13.5. The molecule has 0 spiro atoms. The molecule has 0 bridgehead atoms. The van der Waals surface area contributed by atoms with Crippen molar-refractivity contribution in [3.05, 3.63) is 96.0 Å². The zero-order valence-corrected chi connectivity index (χ0v) is 18.0. The van der Waals surface area contributed by atoms with Gasteiger partial charge in [-0.2, -0.15) is 5.10 Å². The Morgan fingerprint density at radius 1 is 1.03 bits per heavy atom. The highest BCUT2D eigenvalue weighted by Crippen LogP contribution is 2.32. The van der Waals surface area contributed by atoms with Crippen LogP contribution in [0.25, 0.3) is 33.9 Å². The van der Waals surface area contributed by atoms with Crippen LogP contribution in [0.3, 0.4) is 0 Å². The van der Waals surface area contributed by atoms with E-state index >= 15 is 0 Å². The van der Waals surface area contributed by atoms with Gasteiger partial charge in [-0.25, -0.2) is 18.9 Å². The van der Waals surface area contributed by atoms with Crippen LogP contribution in [0.2, 0.25) is 0 Å². The molecule has 0 aliphatic heterocycles. The first-order valence-corrected chi connectivity index (χ1v) is 10.6. The summed E-state index contributed by atoms with van der Waals surface area (Å²) in [5, 5.41) is 8.52. The summed E-state index contributed by atoms with van der Waals surface area (Å²) in [6.07, 6.45) is 5.11. The Balaban J connectivity index is 1.44. The van der Waals surface area contributed by atoms with E-state index in [0.717, 1.165) is 16.9 Å². The van der Waals surface area contributed by atoms with Crippen LogP contribution in [0.1, 0.15) is 21.7 Å². The van der Waals surface area contributed by atoms with E-state index in [9.17, 15) is 9.18 Å². The number of hydrogen-bond donors (Lipinski definition) is 0. The summed E-state index contributed by atoms with van der Waals surface area (Å²) in [5.74, 6) is -0.432. The molecular weight excluding hydrogens is 435 g/mol. The van der Waals surface area contributed by atoms with Crippen molar-refractivity contribution >= 4 is 17.1 Å². The Morgan fingerprint density at radius 2 is 1.88 bits per heavy atom. The van der Waals surface area contributed by atoms with Gasteiger partial charge in [0.1, 0.15) is 29.1 Å². The summed E-state index contributed by atoms with van der Waals surface area (Å²) in [6, 6.07) is 15.7. The second kappa shape index (κ2) is 7.73. The van der Waals surface area contributed by atoms with Crippen LogP contribution < -0.4 is 0 Å². The average Bonchev–Trinajstić information content (AvgIpc) is 3.54. The van der Waals surface area contributed by atoms with Gasteiger partial charge in [-0.3, -0.25) is 9.20 Å². The second-order valence-electron chi connectivity index (χ2n) is 7.91. The van der Waals surface area contributed by atoms with Crippen LogP contribution in [-0.2, 0) is 6.42 Å². The molecule has 0 fully saturated rings. The number of aryl methyl sites for hydroxylation is 1. The van der Waals surface area contributed by atoms with Gasteiger partial charge in [-0.1, -0.05) is 11.2 Å². The molecule has 6 rings (SSSR count). The van der Waals surface area contributed by atoms with Gasteiger partial charge in [0.2, 0.25) is 0 Å². The highest BCUT2D eigenvalue weighted by Gasteiger charge is 2.19. The number of pyridine rings is 1. The van der Waals surface area contributed by atoms with Crippen molar-refractivity contribution < 1.29 is 13.7 Å². The molecule has 6 aromatic rings. The van der Waals surface area contributed by atoms with Crippen molar-refractivity contribution in [1.82, 2.24) is 29.1 Å². The molecule has 0 amide bonds. The van der Waals surface area contributed by atoms with Gasteiger partial charge in [0.05, 0.1) is 35.3 Å². The summed E-state index contributed by atoms with van der Waals surface area (Å²) in [5.41, 5.74) is 5.86. The number of imidazole rings is 2. The van der Waals surface area contributed by atoms with Crippen molar-refractivity contribution in [2.24, 2.45) is 0 Å². The number of aromatic nitrogens is 6. The third-order valence-electron chi connectivity index (χ3n) is 5.65. The number of halogens is 1. The number of nitrogens with zero attached hydrogens (tertiary/aromatic N) is 6. The highest BCUT2D eigenvalue weighted by molar-refractivity contribution is 5.97. The van der Waals surface area contributed by atoms with Crippen molar-refractivity contribution in [2.45, 2.75) is 13.3 Å². The largest absolute Gasteiger partial charge is 0.364 e. The lowest BCUT2D eigenvalue weighted by Crippen LogP contribution is -2.04. The number of hydrogen-bond acceptors (Lipinski definition) is 6. The first-order chi connectivity index (χ1) is 16.6. The van der Waals surface area contributed by atoms with E-state index in [1.807, 2.05) is 40.9 Å². The Kier molecular flexibility index (Phi) is 4.54. The quantitative estimate of drug-likeness (QED) is 0.356. The lowest BCUT2D eigenvalue weighted by atomic mass is 10.1. The number of Topliss-reactive ketones (excluding diaryl/α,β-unsaturated/α-hetero) is 1. The summed E-state index contributed by atoms with van der Waals surface area (Å²) < 4.78 is 22.0. The van der Waals surface area contributed by atoms with E-state index in [2.05, 4.69) is 10.1 Å². The van der Waals surface area contributed by atoms with E-state index < -0.39 is 0 Å². The number of carbonyl (C=O) groups is 1. The fourth-order valence-corrected chi connectivity index (χ4v) is 4.01. The third kappa shape index (κ3) is 3.34.